The summed E-state index contributed by atoms with van der Waals surface area (Å²) >= 11 is 0. The fraction of sp³-hybridized carbons (Fsp3) is 0.684. The van der Waals surface area contributed by atoms with Crippen molar-refractivity contribution in [1.82, 2.24) is 10.2 Å². The van der Waals surface area contributed by atoms with Gasteiger partial charge in [0.25, 0.3) is 0 Å². The van der Waals surface area contributed by atoms with Crippen LogP contribution in [0.4, 0.5) is 0 Å². The van der Waals surface area contributed by atoms with Crippen molar-refractivity contribution in [3.8, 4) is 0 Å². The maximum absolute atomic E-state index is 3.51. The Morgan fingerprint density at radius 3 is 2.62 bits per heavy atom. The Bertz CT molecular complexity index is 414. The van der Waals surface area contributed by atoms with E-state index in [9.17, 15) is 0 Å². The second kappa shape index (κ2) is 8.55. The van der Waals surface area contributed by atoms with Crippen molar-refractivity contribution >= 4 is 0 Å². The molecule has 0 saturated carbocycles. The predicted molar refractivity (Wildman–Crippen MR) is 91.5 cm³/mol. The van der Waals surface area contributed by atoms with Crippen LogP contribution in [0.15, 0.2) is 24.3 Å². The summed E-state index contributed by atoms with van der Waals surface area (Å²) in [4.78, 5) is 2.64. The van der Waals surface area contributed by atoms with Gasteiger partial charge in [0.2, 0.25) is 0 Å². The molecule has 0 amide bonds. The number of hydrogen-bond donors (Lipinski definition) is 1. The standard InChI is InChI=1S/C19H32N2/c1-4-11-20-12-9-17-7-5-6-8-19(17)15-21-13-10-18(14-21)16(2)3/h5-8,16,18,20H,4,9-15H2,1-3H3. The third-order valence-electron chi connectivity index (χ3n) is 4.76. The predicted octanol–water partition coefficient (Wildman–Crippen LogP) is 3.71. The van der Waals surface area contributed by atoms with Gasteiger partial charge >= 0.3 is 0 Å². The van der Waals surface area contributed by atoms with Gasteiger partial charge in [0.05, 0.1) is 0 Å². The van der Waals surface area contributed by atoms with Gasteiger partial charge in [-0.15, -0.1) is 0 Å². The summed E-state index contributed by atoms with van der Waals surface area (Å²) in [5, 5.41) is 3.51. The first-order valence-corrected chi connectivity index (χ1v) is 8.70. The third kappa shape index (κ3) is 5.12. The van der Waals surface area contributed by atoms with Crippen LogP contribution in [0.25, 0.3) is 0 Å². The minimum Gasteiger partial charge on any atom is -0.316 e. The molecule has 2 heteroatoms. The van der Waals surface area contributed by atoms with Crippen molar-refractivity contribution in [2.45, 2.75) is 46.6 Å². The number of benzene rings is 1. The zero-order valence-electron chi connectivity index (χ0n) is 14.1. The largest absolute Gasteiger partial charge is 0.316 e. The van der Waals surface area contributed by atoms with Gasteiger partial charge in [0, 0.05) is 13.1 Å². The van der Waals surface area contributed by atoms with Gasteiger partial charge in [-0.2, -0.15) is 0 Å². The summed E-state index contributed by atoms with van der Waals surface area (Å²) in [6.45, 7) is 12.9. The highest BCUT2D eigenvalue weighted by molar-refractivity contribution is 5.27. The molecule has 0 aromatic heterocycles. The molecule has 0 aliphatic carbocycles. The van der Waals surface area contributed by atoms with Crippen molar-refractivity contribution < 1.29 is 0 Å². The topological polar surface area (TPSA) is 15.3 Å². The zero-order valence-corrected chi connectivity index (χ0v) is 14.1. The molecule has 1 aliphatic rings. The van der Waals surface area contributed by atoms with E-state index in [4.69, 9.17) is 0 Å². The zero-order chi connectivity index (χ0) is 15.1. The molecular weight excluding hydrogens is 256 g/mol. The first-order valence-electron chi connectivity index (χ1n) is 8.70. The molecule has 0 spiro atoms. The van der Waals surface area contributed by atoms with Crippen molar-refractivity contribution in [3.63, 3.8) is 0 Å². The van der Waals surface area contributed by atoms with E-state index >= 15 is 0 Å². The van der Waals surface area contributed by atoms with Gasteiger partial charge in [0.15, 0.2) is 0 Å². The minimum atomic E-state index is 0.823. The van der Waals surface area contributed by atoms with Gasteiger partial charge in [-0.25, -0.2) is 0 Å². The normalized spacial score (nSPS) is 19.5. The Balaban J connectivity index is 1.88. The lowest BCUT2D eigenvalue weighted by Crippen LogP contribution is -2.23. The van der Waals surface area contributed by atoms with Crippen LogP contribution in [0.3, 0.4) is 0 Å². The average Bonchev–Trinajstić information content (AvgIpc) is 2.94. The molecule has 1 atom stereocenters. The molecule has 0 bridgehead atoms. The van der Waals surface area contributed by atoms with Crippen LogP contribution in [-0.2, 0) is 13.0 Å². The molecule has 1 saturated heterocycles. The fourth-order valence-corrected chi connectivity index (χ4v) is 3.27. The van der Waals surface area contributed by atoms with E-state index in [1.165, 1.54) is 37.1 Å². The summed E-state index contributed by atoms with van der Waals surface area (Å²) < 4.78 is 0. The number of nitrogens with one attached hydrogen (secondary N) is 1. The average molecular weight is 288 g/mol. The van der Waals surface area contributed by atoms with Crippen LogP contribution in [-0.4, -0.2) is 31.1 Å². The van der Waals surface area contributed by atoms with Crippen molar-refractivity contribution in [2.75, 3.05) is 26.2 Å². The highest BCUT2D eigenvalue weighted by Gasteiger charge is 2.24. The van der Waals surface area contributed by atoms with Crippen LogP contribution in [0.1, 0.15) is 44.7 Å². The van der Waals surface area contributed by atoms with Crippen molar-refractivity contribution in [3.05, 3.63) is 35.4 Å². The number of nitrogens with zero attached hydrogens (tertiary/aromatic N) is 1. The first kappa shape index (κ1) is 16.5. The van der Waals surface area contributed by atoms with Gasteiger partial charge in [-0.3, -0.25) is 4.90 Å². The van der Waals surface area contributed by atoms with E-state index in [1.807, 2.05) is 0 Å². The summed E-state index contributed by atoms with van der Waals surface area (Å²) in [6.07, 6.45) is 3.74. The Kier molecular flexibility index (Phi) is 6.72. The summed E-state index contributed by atoms with van der Waals surface area (Å²) in [6, 6.07) is 8.99. The van der Waals surface area contributed by atoms with Gasteiger partial charge in [-0.1, -0.05) is 45.0 Å². The minimum absolute atomic E-state index is 0.823. The molecule has 118 valence electrons. The SMILES string of the molecule is CCCNCCc1ccccc1CN1CCC(C(C)C)C1. The molecule has 2 rings (SSSR count). The molecule has 1 aliphatic heterocycles. The maximum atomic E-state index is 3.51. The maximum Gasteiger partial charge on any atom is 0.0236 e. The lowest BCUT2D eigenvalue weighted by Gasteiger charge is -2.19. The highest BCUT2D eigenvalue weighted by atomic mass is 15.1. The first-order chi connectivity index (χ1) is 10.2. The van der Waals surface area contributed by atoms with Crippen LogP contribution in [0, 0.1) is 11.8 Å². The molecule has 1 heterocycles. The number of rotatable bonds is 8. The van der Waals surface area contributed by atoms with Crippen molar-refractivity contribution in [2.24, 2.45) is 11.8 Å². The van der Waals surface area contributed by atoms with E-state index < -0.39 is 0 Å². The Morgan fingerprint density at radius 2 is 1.95 bits per heavy atom. The van der Waals surface area contributed by atoms with E-state index in [0.29, 0.717) is 0 Å². The van der Waals surface area contributed by atoms with Gasteiger partial charge in [0.1, 0.15) is 0 Å². The highest BCUT2D eigenvalue weighted by Crippen LogP contribution is 2.25. The Labute approximate surface area is 130 Å². The molecule has 1 fully saturated rings. The number of hydrogen-bond acceptors (Lipinski definition) is 2. The van der Waals surface area contributed by atoms with E-state index in [1.54, 1.807) is 0 Å². The fourth-order valence-electron chi connectivity index (χ4n) is 3.27. The summed E-state index contributed by atoms with van der Waals surface area (Å²) in [7, 11) is 0. The van der Waals surface area contributed by atoms with Crippen LogP contribution >= 0.6 is 0 Å². The van der Waals surface area contributed by atoms with E-state index in [-0.39, 0.29) is 0 Å². The monoisotopic (exact) mass is 288 g/mol. The molecule has 1 aromatic rings. The van der Waals surface area contributed by atoms with Crippen LogP contribution < -0.4 is 5.32 Å². The van der Waals surface area contributed by atoms with Crippen molar-refractivity contribution in [1.29, 1.82) is 0 Å². The summed E-state index contributed by atoms with van der Waals surface area (Å²) in [5.74, 6) is 1.71. The summed E-state index contributed by atoms with van der Waals surface area (Å²) in [5.41, 5.74) is 3.05. The molecule has 1 N–H and O–H groups in total. The molecule has 21 heavy (non-hydrogen) atoms. The van der Waals surface area contributed by atoms with E-state index in [2.05, 4.69) is 55.3 Å². The Hall–Kier alpha value is -0.860. The molecule has 1 unspecified atom stereocenters. The van der Waals surface area contributed by atoms with Gasteiger partial charge in [-0.05, 0) is 61.9 Å². The molecule has 1 aromatic carbocycles. The second-order valence-corrected chi connectivity index (χ2v) is 6.80. The third-order valence-corrected chi connectivity index (χ3v) is 4.76. The number of likely N-dealkylation sites (tertiary alicyclic amines) is 1. The van der Waals surface area contributed by atoms with Crippen LogP contribution in [0.5, 0.6) is 0 Å². The second-order valence-electron chi connectivity index (χ2n) is 6.80. The molecule has 2 nitrogen and oxygen atoms in total. The molecular formula is C19H32N2. The van der Waals surface area contributed by atoms with E-state index in [0.717, 1.165) is 37.9 Å². The Morgan fingerprint density at radius 1 is 1.19 bits per heavy atom. The molecule has 0 radical (unpaired) electrons. The lowest BCUT2D eigenvalue weighted by atomic mass is 9.95. The lowest BCUT2D eigenvalue weighted by molar-refractivity contribution is 0.296. The smallest absolute Gasteiger partial charge is 0.0236 e. The van der Waals surface area contributed by atoms with Gasteiger partial charge < -0.3 is 5.32 Å². The quantitative estimate of drug-likeness (QED) is 0.734. The van der Waals surface area contributed by atoms with Crippen LogP contribution in [0.2, 0.25) is 0 Å².